The Morgan fingerprint density at radius 2 is 0.764 bits per heavy atom. The van der Waals surface area contributed by atoms with Gasteiger partial charge in [0.2, 0.25) is 0 Å². The molecule has 0 saturated carbocycles. The number of hydrogen-bond donors (Lipinski definition) is 15. The molecule has 2 aromatic carbocycles. The van der Waals surface area contributed by atoms with Crippen molar-refractivity contribution in [2.45, 2.75) is 248 Å². The Bertz CT molecular complexity index is 2880. The Morgan fingerprint density at radius 1 is 0.445 bits per heavy atom. The molecule has 0 amide bonds. The zero-order valence-corrected chi connectivity index (χ0v) is 65.5. The number of carboxylic acid groups (broad SMARTS) is 2. The van der Waals surface area contributed by atoms with E-state index in [1.165, 1.54) is 56.5 Å². The molecule has 0 bridgehead atoms. The largest absolute Gasteiger partial charge is 0.477 e. The maximum atomic E-state index is 13.8. The zero-order chi connectivity index (χ0) is 83.7. The Hall–Kier alpha value is -5.27. The molecular formula is C75H122F2O33. The van der Waals surface area contributed by atoms with Crippen molar-refractivity contribution in [3.8, 4) is 0 Å². The van der Waals surface area contributed by atoms with Crippen LogP contribution in [0.1, 0.15) is 119 Å². The van der Waals surface area contributed by atoms with E-state index in [-0.39, 0.29) is 54.6 Å². The molecule has 5 aliphatic heterocycles. The first-order valence-electron chi connectivity index (χ1n) is 36.5. The number of ether oxygens (including phenoxy) is 13. The summed E-state index contributed by atoms with van der Waals surface area (Å²) in [6.07, 6.45) is -17.8. The number of carbonyl (C=O) groups is 5. The highest BCUT2D eigenvalue weighted by atomic mass is 19.1. The van der Waals surface area contributed by atoms with Crippen molar-refractivity contribution in [1.29, 1.82) is 0 Å². The standard InChI is InChI=1S/C21H31FO5.C21H32O6.C13H24O7.C10H17FO7.C10H18O8/c2*1-14-11-21(25-5,20(23)24-4)27-19(15(14)2)16(3)18(12-22)26-13-17-9-7-6-8-10-17;1-5-8(14)10(16)11-7(2)9(15)6-13(19-4,20-11)12(17)18-3;2*1-4-5(12)2-10(17,9(15)16)18-8(4)7(14)6(13)3-11/h6-10,14-16,18-19H,11-13H2,1-5H3;6-10,14-16,18-19,22H,11-13H2,1-5H3;7-11,14-16H,5-6H2,1-4H3;4-8,12-14,17H,2-3H2,1H3,(H,15,16);4-8,11-14,17H,2-3H2,1H3,(H,15,16)/t2*14-,15-,16-,18-,19?,21+;7-,8-,9-,10-,11?,13+;2*4-,5-,6-,7-,8?,10+/m11111/s1. The summed E-state index contributed by atoms with van der Waals surface area (Å²) in [5.74, 6) is -17.0. The zero-order valence-electron chi connectivity index (χ0n) is 65.5. The van der Waals surface area contributed by atoms with Crippen LogP contribution in [-0.4, -0.2) is 302 Å². The second-order valence-corrected chi connectivity index (χ2v) is 29.1. The third-order valence-corrected chi connectivity index (χ3v) is 21.7. The summed E-state index contributed by atoms with van der Waals surface area (Å²) in [7, 11) is 7.97. The SMILES string of the molecule is CC[C@@H](O)[C@@H](O)C1O[C@](OC)(C(=O)OC)C[C@@H](O)[C@H]1C.COC(=O)[C@]1(OC)C[C@@H](C)[C@@H](C)C([C@H](C)[C@@H](CF)OCc2ccccc2)O1.COC(=O)[C@]1(OC)C[C@@H](C)[C@@H](C)C([C@H](C)[C@@H](CO)OCc2ccccc2)O1.C[C@H]1C([C@H](O)[C@H](O)CF)O[C@](O)(C(=O)O)C[C@H]1O.C[C@H]1C([C@H](O)[C@H](O)CO)O[C@](O)(C(=O)O)C[C@H]1O. The number of hydrogen-bond acceptors (Lipinski definition) is 31. The van der Waals surface area contributed by atoms with Gasteiger partial charge in [-0.05, 0) is 41.2 Å². The van der Waals surface area contributed by atoms with E-state index < -0.39 is 201 Å². The van der Waals surface area contributed by atoms with E-state index in [0.29, 0.717) is 32.5 Å². The maximum absolute atomic E-state index is 13.8. The van der Waals surface area contributed by atoms with Gasteiger partial charge in [0.05, 0.1) is 115 Å². The summed E-state index contributed by atoms with van der Waals surface area (Å²) in [5, 5.41) is 143. The first-order valence-corrected chi connectivity index (χ1v) is 36.5. The van der Waals surface area contributed by atoms with Gasteiger partial charge in [-0.3, -0.25) is 0 Å². The molecule has 110 heavy (non-hydrogen) atoms. The highest BCUT2D eigenvalue weighted by molar-refractivity contribution is 5.79. The third kappa shape index (κ3) is 25.1. The molecule has 0 spiro atoms. The molecule has 33 nitrogen and oxygen atoms in total. The van der Waals surface area contributed by atoms with Gasteiger partial charge in [0.1, 0.15) is 43.9 Å². The average molecular weight is 1590 g/mol. The third-order valence-electron chi connectivity index (χ3n) is 21.7. The Balaban J connectivity index is 0.000000361. The topological polar surface area (TPSA) is 509 Å². The van der Waals surface area contributed by atoms with E-state index in [9.17, 15) is 94.0 Å². The smallest absolute Gasteiger partial charge is 0.366 e. The minimum absolute atomic E-state index is 0.0945. The minimum atomic E-state index is -2.66. The van der Waals surface area contributed by atoms with Crippen LogP contribution in [0.15, 0.2) is 60.7 Å². The average Bonchev–Trinajstić information content (AvgIpc) is 0.810. The lowest BCUT2D eigenvalue weighted by atomic mass is 9.76. The number of halogens is 2. The van der Waals surface area contributed by atoms with Crippen molar-refractivity contribution < 1.29 is 171 Å². The van der Waals surface area contributed by atoms with Crippen molar-refractivity contribution in [2.75, 3.05) is 69.2 Å². The van der Waals surface area contributed by atoms with Crippen LogP contribution in [0.2, 0.25) is 0 Å². The summed E-state index contributed by atoms with van der Waals surface area (Å²) in [6, 6.07) is 19.5. The maximum Gasteiger partial charge on any atom is 0.366 e. The van der Waals surface area contributed by atoms with Crippen LogP contribution in [0.25, 0.3) is 0 Å². The molecule has 5 fully saturated rings. The van der Waals surface area contributed by atoms with Crippen LogP contribution in [0.4, 0.5) is 8.78 Å². The molecule has 5 heterocycles. The lowest BCUT2D eigenvalue weighted by Crippen LogP contribution is -2.60. The van der Waals surface area contributed by atoms with Crippen LogP contribution in [0.3, 0.4) is 0 Å². The van der Waals surface area contributed by atoms with Gasteiger partial charge in [0, 0.05) is 83.0 Å². The molecule has 15 N–H and O–H groups in total. The lowest BCUT2D eigenvalue weighted by molar-refractivity contribution is -0.311. The second-order valence-electron chi connectivity index (χ2n) is 29.1. The van der Waals surface area contributed by atoms with Gasteiger partial charge < -0.3 is 138 Å². The van der Waals surface area contributed by atoms with Crippen LogP contribution in [0.5, 0.6) is 0 Å². The van der Waals surface area contributed by atoms with E-state index in [1.54, 1.807) is 13.8 Å². The monoisotopic (exact) mass is 1590 g/mol. The number of benzene rings is 2. The normalized spacial score (nSPS) is 34.9. The number of carboxylic acids is 2. The molecular weight excluding hydrogens is 1470 g/mol. The Labute approximate surface area is 640 Å². The lowest BCUT2D eigenvalue weighted by Gasteiger charge is -2.47. The summed E-state index contributed by atoms with van der Waals surface area (Å²) in [5.41, 5.74) is 2.02. The quantitative estimate of drug-likeness (QED) is 0.0405. The number of aliphatic hydroxyl groups excluding tert-OH is 11. The van der Waals surface area contributed by atoms with Crippen molar-refractivity contribution in [1.82, 2.24) is 0 Å². The highest BCUT2D eigenvalue weighted by Gasteiger charge is 2.58. The molecule has 2 aromatic rings. The fourth-order valence-corrected chi connectivity index (χ4v) is 13.7. The van der Waals surface area contributed by atoms with Crippen LogP contribution in [-0.2, 0) is 98.8 Å². The fourth-order valence-electron chi connectivity index (χ4n) is 13.7. The molecule has 5 saturated heterocycles. The van der Waals surface area contributed by atoms with Crippen molar-refractivity contribution >= 4 is 29.8 Å². The van der Waals surface area contributed by atoms with Gasteiger partial charge in [-0.15, -0.1) is 0 Å². The van der Waals surface area contributed by atoms with E-state index in [1.807, 2.05) is 81.4 Å². The number of esters is 3. The van der Waals surface area contributed by atoms with E-state index in [2.05, 4.69) is 25.5 Å². The predicted octanol–water partition coefficient (Wildman–Crippen LogP) is 1.45. The number of methoxy groups -OCH3 is 6. The fraction of sp³-hybridized carbons (Fsp3) is 0.773. The van der Waals surface area contributed by atoms with Crippen LogP contribution in [0, 0.1) is 53.3 Å². The molecule has 0 aromatic heterocycles. The van der Waals surface area contributed by atoms with Gasteiger partial charge in [-0.1, -0.05) is 130 Å². The molecule has 30 atom stereocenters. The van der Waals surface area contributed by atoms with Crippen LogP contribution >= 0.6 is 0 Å². The van der Waals surface area contributed by atoms with Gasteiger partial charge in [-0.25, -0.2) is 32.8 Å². The number of aliphatic carboxylic acids is 2. The summed E-state index contributed by atoms with van der Waals surface area (Å²) in [6.45, 7) is 16.4. The first kappa shape index (κ1) is 98.9. The summed E-state index contributed by atoms with van der Waals surface area (Å²) in [4.78, 5) is 58.2. The van der Waals surface area contributed by atoms with E-state index in [0.717, 1.165) is 11.1 Å². The number of aliphatic hydroxyl groups is 13. The van der Waals surface area contributed by atoms with Crippen LogP contribution < -0.4 is 0 Å². The predicted molar refractivity (Wildman–Crippen MR) is 381 cm³/mol. The van der Waals surface area contributed by atoms with Gasteiger partial charge >= 0.3 is 29.8 Å². The Morgan fingerprint density at radius 3 is 1.08 bits per heavy atom. The van der Waals surface area contributed by atoms with E-state index in [4.69, 9.17) is 72.2 Å². The summed E-state index contributed by atoms with van der Waals surface area (Å²) < 4.78 is 95.9. The highest BCUT2D eigenvalue weighted by Crippen LogP contribution is 2.45. The molecule has 35 heteroatoms. The van der Waals surface area contributed by atoms with Crippen molar-refractivity contribution in [2.24, 2.45) is 53.3 Å². The Kier molecular flexibility index (Phi) is 40.6. The second kappa shape index (κ2) is 45.1. The minimum Gasteiger partial charge on any atom is -0.477 e. The number of carbonyl (C=O) groups excluding carboxylic acids is 3. The summed E-state index contributed by atoms with van der Waals surface area (Å²) >= 11 is 0. The molecule has 0 radical (unpaired) electrons. The van der Waals surface area contributed by atoms with Gasteiger partial charge in [-0.2, -0.15) is 0 Å². The van der Waals surface area contributed by atoms with Crippen molar-refractivity contribution in [3.05, 3.63) is 71.8 Å². The van der Waals surface area contributed by atoms with Gasteiger partial charge in [0.25, 0.3) is 28.9 Å². The van der Waals surface area contributed by atoms with Gasteiger partial charge in [0.15, 0.2) is 0 Å². The van der Waals surface area contributed by atoms with E-state index >= 15 is 0 Å². The number of rotatable bonds is 29. The first-order chi connectivity index (χ1) is 51.5. The molecule has 7 rings (SSSR count). The number of alkyl halides is 2. The molecule has 0 aliphatic carbocycles. The van der Waals surface area contributed by atoms with Crippen molar-refractivity contribution in [3.63, 3.8) is 0 Å². The molecule has 5 unspecified atom stereocenters. The molecule has 5 aliphatic rings. The molecule has 634 valence electrons.